The van der Waals surface area contributed by atoms with Crippen molar-refractivity contribution in [2.75, 3.05) is 7.05 Å². The molecule has 1 atom stereocenters. The van der Waals surface area contributed by atoms with Crippen molar-refractivity contribution in [1.29, 1.82) is 0 Å². The number of hydrogen-bond acceptors (Lipinski definition) is 4. The van der Waals surface area contributed by atoms with Crippen LogP contribution in [0.5, 0.6) is 0 Å². The molecule has 0 aliphatic carbocycles. The van der Waals surface area contributed by atoms with Gasteiger partial charge in [-0.05, 0) is 26.2 Å². The van der Waals surface area contributed by atoms with Gasteiger partial charge in [-0.25, -0.2) is 13.2 Å². The number of hydrogen-bond donors (Lipinski definition) is 1. The maximum Gasteiger partial charge on any atom is 0.371 e. The smallest absolute Gasteiger partial charge is 0.371 e. The first-order valence-electron chi connectivity index (χ1n) is 6.39. The summed E-state index contributed by atoms with van der Waals surface area (Å²) in [5.41, 5.74) is 0. The van der Waals surface area contributed by atoms with Crippen molar-refractivity contribution in [2.45, 2.75) is 45.1 Å². The molecule has 0 aliphatic heterocycles. The molecule has 0 amide bonds. The van der Waals surface area contributed by atoms with Crippen LogP contribution in [-0.2, 0) is 10.0 Å². The number of rotatable bonds is 6. The van der Waals surface area contributed by atoms with Gasteiger partial charge in [0.05, 0.1) is 0 Å². The Kier molecular flexibility index (Phi) is 4.99. The molecule has 1 aromatic heterocycles. The maximum atomic E-state index is 12.5. The van der Waals surface area contributed by atoms with Crippen LogP contribution in [0, 0.1) is 12.8 Å². The minimum absolute atomic E-state index is 0.0889. The van der Waals surface area contributed by atoms with E-state index in [1.54, 1.807) is 0 Å². The highest BCUT2D eigenvalue weighted by Gasteiger charge is 2.30. The quantitative estimate of drug-likeness (QED) is 0.871. The highest BCUT2D eigenvalue weighted by atomic mass is 32.2. The zero-order valence-corrected chi connectivity index (χ0v) is 13.2. The maximum absolute atomic E-state index is 12.5. The van der Waals surface area contributed by atoms with Crippen LogP contribution < -0.4 is 0 Å². The minimum atomic E-state index is -3.75. The second-order valence-electron chi connectivity index (χ2n) is 5.34. The van der Waals surface area contributed by atoms with E-state index in [9.17, 15) is 13.2 Å². The van der Waals surface area contributed by atoms with E-state index in [0.29, 0.717) is 5.92 Å². The SMILES string of the molecule is Cc1oc(C(=O)O)cc1S(=O)(=O)N(C)C(C)CC(C)C. The molecular formula is C13H21NO5S. The second kappa shape index (κ2) is 5.97. The summed E-state index contributed by atoms with van der Waals surface area (Å²) in [5, 5.41) is 8.85. The first kappa shape index (κ1) is 16.7. The molecular weight excluding hydrogens is 282 g/mol. The van der Waals surface area contributed by atoms with E-state index in [-0.39, 0.29) is 22.5 Å². The average molecular weight is 303 g/mol. The van der Waals surface area contributed by atoms with E-state index in [4.69, 9.17) is 9.52 Å². The Labute approximate surface area is 119 Å². The van der Waals surface area contributed by atoms with Gasteiger partial charge in [0.2, 0.25) is 15.8 Å². The molecule has 114 valence electrons. The van der Waals surface area contributed by atoms with Crippen molar-refractivity contribution in [3.63, 3.8) is 0 Å². The van der Waals surface area contributed by atoms with Crippen LogP contribution in [0.3, 0.4) is 0 Å². The van der Waals surface area contributed by atoms with Crippen molar-refractivity contribution >= 4 is 16.0 Å². The van der Waals surface area contributed by atoms with Crippen LogP contribution in [0.15, 0.2) is 15.4 Å². The number of furan rings is 1. The fourth-order valence-corrected chi connectivity index (χ4v) is 3.58. The van der Waals surface area contributed by atoms with Gasteiger partial charge in [0, 0.05) is 19.2 Å². The van der Waals surface area contributed by atoms with Crippen LogP contribution in [0.1, 0.15) is 43.5 Å². The molecule has 0 bridgehead atoms. The predicted octanol–water partition coefficient (Wildman–Crippen LogP) is 2.34. The number of aryl methyl sites for hydroxylation is 1. The number of carbonyl (C=O) groups is 1. The van der Waals surface area contributed by atoms with E-state index in [1.165, 1.54) is 18.3 Å². The third-order valence-electron chi connectivity index (χ3n) is 3.17. The van der Waals surface area contributed by atoms with Crippen molar-refractivity contribution in [2.24, 2.45) is 5.92 Å². The summed E-state index contributed by atoms with van der Waals surface area (Å²) in [6, 6.07) is 0.883. The lowest BCUT2D eigenvalue weighted by molar-refractivity contribution is 0.0661. The molecule has 0 aliphatic rings. The van der Waals surface area contributed by atoms with Crippen molar-refractivity contribution < 1.29 is 22.7 Å². The van der Waals surface area contributed by atoms with Gasteiger partial charge < -0.3 is 9.52 Å². The summed E-state index contributed by atoms with van der Waals surface area (Å²) >= 11 is 0. The molecule has 0 radical (unpaired) electrons. The van der Waals surface area contributed by atoms with Gasteiger partial charge in [-0.2, -0.15) is 4.31 Å². The van der Waals surface area contributed by atoms with Crippen LogP contribution in [0.25, 0.3) is 0 Å². The predicted molar refractivity (Wildman–Crippen MR) is 74.3 cm³/mol. The van der Waals surface area contributed by atoms with E-state index >= 15 is 0 Å². The molecule has 1 rings (SSSR count). The summed E-state index contributed by atoms with van der Waals surface area (Å²) in [6.07, 6.45) is 0.721. The number of sulfonamides is 1. The van der Waals surface area contributed by atoms with Crippen molar-refractivity contribution in [3.8, 4) is 0 Å². The highest BCUT2D eigenvalue weighted by Crippen LogP contribution is 2.25. The van der Waals surface area contributed by atoms with E-state index in [2.05, 4.69) is 0 Å². The van der Waals surface area contributed by atoms with Gasteiger partial charge in [0.15, 0.2) is 0 Å². The van der Waals surface area contributed by atoms with E-state index < -0.39 is 16.0 Å². The van der Waals surface area contributed by atoms with Gasteiger partial charge in [0.1, 0.15) is 10.7 Å². The molecule has 1 aromatic rings. The topological polar surface area (TPSA) is 87.8 Å². The largest absolute Gasteiger partial charge is 0.475 e. The molecule has 0 fully saturated rings. The van der Waals surface area contributed by atoms with Gasteiger partial charge in [-0.3, -0.25) is 0 Å². The number of carboxylic acids is 1. The Balaban J connectivity index is 3.13. The van der Waals surface area contributed by atoms with Crippen molar-refractivity contribution in [3.05, 3.63) is 17.6 Å². The number of nitrogens with zero attached hydrogens (tertiary/aromatic N) is 1. The molecule has 1 N–H and O–H groups in total. The van der Waals surface area contributed by atoms with Crippen LogP contribution in [0.4, 0.5) is 0 Å². The van der Waals surface area contributed by atoms with Crippen LogP contribution in [0.2, 0.25) is 0 Å². The number of carboxylic acid groups (broad SMARTS) is 1. The molecule has 0 saturated carbocycles. The summed E-state index contributed by atoms with van der Waals surface area (Å²) in [4.78, 5) is 10.8. The monoisotopic (exact) mass is 303 g/mol. The summed E-state index contributed by atoms with van der Waals surface area (Å²) in [6.45, 7) is 7.30. The summed E-state index contributed by atoms with van der Waals surface area (Å²) in [7, 11) is -2.26. The Morgan fingerprint density at radius 2 is 1.95 bits per heavy atom. The van der Waals surface area contributed by atoms with Gasteiger partial charge in [-0.15, -0.1) is 0 Å². The number of aromatic carboxylic acids is 1. The lowest BCUT2D eigenvalue weighted by Gasteiger charge is -2.25. The van der Waals surface area contributed by atoms with Crippen LogP contribution in [-0.4, -0.2) is 36.9 Å². The molecule has 6 nitrogen and oxygen atoms in total. The molecule has 0 spiro atoms. The zero-order valence-electron chi connectivity index (χ0n) is 12.4. The third kappa shape index (κ3) is 3.40. The molecule has 0 saturated heterocycles. The fourth-order valence-electron chi connectivity index (χ4n) is 2.05. The first-order chi connectivity index (χ1) is 9.07. The van der Waals surface area contributed by atoms with Gasteiger partial charge in [-0.1, -0.05) is 13.8 Å². The normalized spacial score (nSPS) is 13.9. The Morgan fingerprint density at radius 1 is 1.40 bits per heavy atom. The Hall–Kier alpha value is -1.34. The Bertz CT molecular complexity index is 588. The molecule has 1 unspecified atom stereocenters. The summed E-state index contributed by atoms with van der Waals surface area (Å²) in [5.74, 6) is -1.20. The standard InChI is InChI=1S/C13H21NO5S/c1-8(2)6-9(3)14(5)20(17,18)12-7-11(13(15)16)19-10(12)4/h7-9H,6H2,1-5H3,(H,15,16). The fraction of sp³-hybridized carbons (Fsp3) is 0.615. The minimum Gasteiger partial charge on any atom is -0.475 e. The van der Waals surface area contributed by atoms with Gasteiger partial charge >= 0.3 is 5.97 Å². The van der Waals surface area contributed by atoms with Gasteiger partial charge in [0.25, 0.3) is 0 Å². The molecule has 20 heavy (non-hydrogen) atoms. The first-order valence-corrected chi connectivity index (χ1v) is 7.83. The second-order valence-corrected chi connectivity index (χ2v) is 7.30. The lowest BCUT2D eigenvalue weighted by Crippen LogP contribution is -2.36. The van der Waals surface area contributed by atoms with Crippen molar-refractivity contribution in [1.82, 2.24) is 4.31 Å². The van der Waals surface area contributed by atoms with E-state index in [0.717, 1.165) is 12.5 Å². The van der Waals surface area contributed by atoms with E-state index in [1.807, 2.05) is 20.8 Å². The zero-order chi connectivity index (χ0) is 15.7. The lowest BCUT2D eigenvalue weighted by atomic mass is 10.1. The van der Waals surface area contributed by atoms with Crippen LogP contribution >= 0.6 is 0 Å². The molecule has 7 heteroatoms. The average Bonchev–Trinajstić information content (AvgIpc) is 2.70. The molecule has 0 aromatic carbocycles. The molecule has 1 heterocycles. The third-order valence-corrected chi connectivity index (χ3v) is 5.25. The summed E-state index contributed by atoms with van der Waals surface area (Å²) < 4.78 is 31.2. The highest BCUT2D eigenvalue weighted by molar-refractivity contribution is 7.89. The Morgan fingerprint density at radius 3 is 2.35 bits per heavy atom.